The maximum atomic E-state index is 12.8. The Kier molecular flexibility index (Phi) is 3.25. The third-order valence-electron chi connectivity index (χ3n) is 3.07. The third-order valence-corrected chi connectivity index (χ3v) is 3.07. The molecule has 1 aliphatic heterocycles. The molecule has 1 N–H and O–H groups in total. The number of nitrogens with zero attached hydrogens (tertiary/aromatic N) is 1. The van der Waals surface area contributed by atoms with Crippen LogP contribution in [0, 0.1) is 11.7 Å². The molecule has 0 fully saturated rings. The van der Waals surface area contributed by atoms with Crippen LogP contribution in [-0.4, -0.2) is 30.2 Å². The van der Waals surface area contributed by atoms with E-state index in [4.69, 9.17) is 0 Å². The van der Waals surface area contributed by atoms with E-state index in [0.29, 0.717) is 0 Å². The molecule has 1 aromatic rings. The van der Waals surface area contributed by atoms with E-state index >= 15 is 0 Å². The number of rotatable bonds is 2. The van der Waals surface area contributed by atoms with Crippen molar-refractivity contribution in [1.82, 2.24) is 4.90 Å². The molecular formula is C13H16FNO. The fourth-order valence-corrected chi connectivity index (χ4v) is 2.18. The maximum absolute atomic E-state index is 12.8. The average molecular weight is 221 g/mol. The van der Waals surface area contributed by atoms with Crippen LogP contribution < -0.4 is 0 Å². The molecule has 2 rings (SSSR count). The molecule has 3 heteroatoms. The molecule has 0 radical (unpaired) electrons. The molecule has 86 valence electrons. The summed E-state index contributed by atoms with van der Waals surface area (Å²) in [5.41, 5.74) is 1.06. The van der Waals surface area contributed by atoms with Crippen LogP contribution in [-0.2, 0) is 0 Å². The molecule has 1 aromatic carbocycles. The van der Waals surface area contributed by atoms with E-state index in [1.807, 2.05) is 13.2 Å². The van der Waals surface area contributed by atoms with Crippen LogP contribution in [0.1, 0.15) is 11.5 Å². The molecule has 0 saturated carbocycles. The summed E-state index contributed by atoms with van der Waals surface area (Å²) in [6.07, 6.45) is 4.08. The van der Waals surface area contributed by atoms with Crippen LogP contribution in [0.3, 0.4) is 0 Å². The summed E-state index contributed by atoms with van der Waals surface area (Å²) in [5, 5.41) is 9.36. The Bertz CT molecular complexity index is 374. The van der Waals surface area contributed by atoms with E-state index in [1.165, 1.54) is 12.1 Å². The molecule has 0 spiro atoms. The molecule has 1 aliphatic rings. The summed E-state index contributed by atoms with van der Waals surface area (Å²) in [4.78, 5) is 2.06. The van der Waals surface area contributed by atoms with Gasteiger partial charge in [-0.05, 0) is 23.9 Å². The minimum Gasteiger partial charge on any atom is -0.396 e. The lowest BCUT2D eigenvalue weighted by atomic mass is 9.84. The van der Waals surface area contributed by atoms with Gasteiger partial charge in [-0.25, -0.2) is 4.39 Å². The molecule has 0 bridgehead atoms. The molecular weight excluding hydrogens is 205 g/mol. The van der Waals surface area contributed by atoms with Gasteiger partial charge in [-0.3, -0.25) is 0 Å². The van der Waals surface area contributed by atoms with E-state index in [-0.39, 0.29) is 24.3 Å². The summed E-state index contributed by atoms with van der Waals surface area (Å²) >= 11 is 0. The van der Waals surface area contributed by atoms with E-state index in [0.717, 1.165) is 12.1 Å². The molecule has 0 saturated heterocycles. The highest BCUT2D eigenvalue weighted by atomic mass is 19.1. The number of aliphatic hydroxyl groups is 1. The number of aliphatic hydroxyl groups excluding tert-OH is 1. The molecule has 2 atom stereocenters. The highest BCUT2D eigenvalue weighted by Gasteiger charge is 2.24. The van der Waals surface area contributed by atoms with Gasteiger partial charge in [-0.2, -0.15) is 0 Å². The smallest absolute Gasteiger partial charge is 0.123 e. The summed E-state index contributed by atoms with van der Waals surface area (Å²) in [6, 6.07) is 6.52. The van der Waals surface area contributed by atoms with Crippen molar-refractivity contribution in [2.45, 2.75) is 5.92 Å². The van der Waals surface area contributed by atoms with Crippen LogP contribution in [0.4, 0.5) is 4.39 Å². The summed E-state index contributed by atoms with van der Waals surface area (Å²) in [7, 11) is 1.99. The van der Waals surface area contributed by atoms with Gasteiger partial charge in [0, 0.05) is 32.0 Å². The van der Waals surface area contributed by atoms with Gasteiger partial charge in [0.15, 0.2) is 0 Å². The van der Waals surface area contributed by atoms with Crippen molar-refractivity contribution in [2.75, 3.05) is 20.2 Å². The quantitative estimate of drug-likeness (QED) is 0.825. The predicted octanol–water partition coefficient (Wildman–Crippen LogP) is 1.98. The molecule has 16 heavy (non-hydrogen) atoms. The van der Waals surface area contributed by atoms with Crippen molar-refractivity contribution >= 4 is 0 Å². The minimum absolute atomic E-state index is 0.150. The van der Waals surface area contributed by atoms with Crippen molar-refractivity contribution < 1.29 is 9.50 Å². The number of halogens is 1. The maximum Gasteiger partial charge on any atom is 0.123 e. The number of hydrogen-bond donors (Lipinski definition) is 1. The Morgan fingerprint density at radius 2 is 2.06 bits per heavy atom. The van der Waals surface area contributed by atoms with Crippen LogP contribution in [0.15, 0.2) is 36.5 Å². The van der Waals surface area contributed by atoms with Crippen molar-refractivity contribution in [3.05, 3.63) is 47.9 Å². The normalized spacial score (nSPS) is 24.8. The van der Waals surface area contributed by atoms with Crippen LogP contribution in [0.5, 0.6) is 0 Å². The van der Waals surface area contributed by atoms with Crippen molar-refractivity contribution in [1.29, 1.82) is 0 Å². The summed E-state index contributed by atoms with van der Waals surface area (Å²) in [6.45, 7) is 0.978. The first-order valence-corrected chi connectivity index (χ1v) is 5.45. The number of hydrogen-bond acceptors (Lipinski definition) is 2. The highest BCUT2D eigenvalue weighted by molar-refractivity contribution is 5.26. The van der Waals surface area contributed by atoms with Gasteiger partial charge in [-0.1, -0.05) is 18.2 Å². The fourth-order valence-electron chi connectivity index (χ4n) is 2.18. The van der Waals surface area contributed by atoms with Gasteiger partial charge in [0.1, 0.15) is 5.82 Å². The van der Waals surface area contributed by atoms with Crippen LogP contribution in [0.2, 0.25) is 0 Å². The second kappa shape index (κ2) is 4.66. The predicted molar refractivity (Wildman–Crippen MR) is 61.5 cm³/mol. The lowest BCUT2D eigenvalue weighted by Gasteiger charge is -2.32. The van der Waals surface area contributed by atoms with Crippen LogP contribution >= 0.6 is 0 Å². The lowest BCUT2D eigenvalue weighted by molar-refractivity contribution is 0.178. The first-order chi connectivity index (χ1) is 7.70. The second-order valence-corrected chi connectivity index (χ2v) is 4.30. The summed E-state index contributed by atoms with van der Waals surface area (Å²) in [5.74, 6) is 0.142. The Morgan fingerprint density at radius 1 is 1.38 bits per heavy atom. The van der Waals surface area contributed by atoms with E-state index in [2.05, 4.69) is 11.0 Å². The summed E-state index contributed by atoms with van der Waals surface area (Å²) < 4.78 is 12.8. The zero-order valence-electron chi connectivity index (χ0n) is 9.31. The molecule has 1 heterocycles. The van der Waals surface area contributed by atoms with Crippen molar-refractivity contribution in [3.8, 4) is 0 Å². The van der Waals surface area contributed by atoms with Crippen molar-refractivity contribution in [2.24, 2.45) is 5.92 Å². The molecule has 0 aliphatic carbocycles. The van der Waals surface area contributed by atoms with Gasteiger partial charge >= 0.3 is 0 Å². The van der Waals surface area contributed by atoms with Gasteiger partial charge in [0.2, 0.25) is 0 Å². The molecule has 2 unspecified atom stereocenters. The number of allylic oxidation sites excluding steroid dienone is 1. The van der Waals surface area contributed by atoms with Gasteiger partial charge in [-0.15, -0.1) is 0 Å². The zero-order valence-corrected chi connectivity index (χ0v) is 9.31. The fraction of sp³-hybridized carbons (Fsp3) is 0.385. The van der Waals surface area contributed by atoms with Crippen LogP contribution in [0.25, 0.3) is 0 Å². The van der Waals surface area contributed by atoms with E-state index in [1.54, 1.807) is 12.1 Å². The Hall–Kier alpha value is -1.35. The second-order valence-electron chi connectivity index (χ2n) is 4.30. The lowest BCUT2D eigenvalue weighted by Crippen LogP contribution is -2.31. The van der Waals surface area contributed by atoms with Crippen molar-refractivity contribution in [3.63, 3.8) is 0 Å². The average Bonchev–Trinajstić information content (AvgIpc) is 2.30. The largest absolute Gasteiger partial charge is 0.396 e. The van der Waals surface area contributed by atoms with Gasteiger partial charge in [0.05, 0.1) is 0 Å². The molecule has 0 aromatic heterocycles. The number of benzene rings is 1. The highest BCUT2D eigenvalue weighted by Crippen LogP contribution is 2.29. The van der Waals surface area contributed by atoms with Gasteiger partial charge in [0.25, 0.3) is 0 Å². The Morgan fingerprint density at radius 3 is 2.69 bits per heavy atom. The van der Waals surface area contributed by atoms with E-state index < -0.39 is 0 Å². The SMILES string of the molecule is CN1C=CC(c2ccc(F)cc2)C(CO)C1. The zero-order chi connectivity index (χ0) is 11.5. The van der Waals surface area contributed by atoms with E-state index in [9.17, 15) is 9.50 Å². The monoisotopic (exact) mass is 221 g/mol. The standard InChI is InChI=1S/C13H16FNO/c1-15-7-6-13(11(8-15)9-16)10-2-4-12(14)5-3-10/h2-7,11,13,16H,8-9H2,1H3. The first kappa shape index (κ1) is 11.1. The third kappa shape index (κ3) is 2.25. The minimum atomic E-state index is -0.221. The van der Waals surface area contributed by atoms with Gasteiger partial charge < -0.3 is 10.0 Å². The Labute approximate surface area is 95.0 Å². The topological polar surface area (TPSA) is 23.5 Å². The molecule has 0 amide bonds. The Balaban J connectivity index is 2.24. The molecule has 2 nitrogen and oxygen atoms in total. The first-order valence-electron chi connectivity index (χ1n) is 5.45.